The van der Waals surface area contributed by atoms with E-state index in [9.17, 15) is 19.5 Å². The number of carbonyl (C=O) groups excluding carboxylic acids is 2. The van der Waals surface area contributed by atoms with E-state index in [0.29, 0.717) is 23.5 Å². The monoisotopic (exact) mass is 500 g/mol. The number of aliphatic carboxylic acids is 1. The molecule has 0 saturated heterocycles. The predicted molar refractivity (Wildman–Crippen MR) is 131 cm³/mol. The van der Waals surface area contributed by atoms with Gasteiger partial charge in [-0.1, -0.05) is 47.5 Å². The normalized spacial score (nSPS) is 11.5. The van der Waals surface area contributed by atoms with Crippen molar-refractivity contribution in [3.8, 4) is 0 Å². The maximum absolute atomic E-state index is 12.5. The Morgan fingerprint density at radius 2 is 1.62 bits per heavy atom. The van der Waals surface area contributed by atoms with E-state index in [4.69, 9.17) is 28.9 Å². The van der Waals surface area contributed by atoms with Gasteiger partial charge in [0.15, 0.2) is 0 Å². The topological polar surface area (TPSA) is 134 Å². The summed E-state index contributed by atoms with van der Waals surface area (Å²) in [5, 5.41) is 15.1. The van der Waals surface area contributed by atoms with Crippen LogP contribution in [0.1, 0.15) is 28.0 Å². The maximum Gasteiger partial charge on any atom is 0.326 e. The van der Waals surface area contributed by atoms with Gasteiger partial charge in [-0.3, -0.25) is 9.59 Å². The molecule has 0 spiro atoms. The quantitative estimate of drug-likeness (QED) is 0.351. The molecule has 3 rings (SSSR count). The lowest BCUT2D eigenvalue weighted by molar-refractivity contribution is -0.139. The van der Waals surface area contributed by atoms with Crippen LogP contribution in [0.25, 0.3) is 0 Å². The summed E-state index contributed by atoms with van der Waals surface area (Å²) in [5.74, 6) is -1.67. The number of hydrogen-bond acceptors (Lipinski definition) is 5. The van der Waals surface area contributed by atoms with E-state index in [-0.39, 0.29) is 34.4 Å². The van der Waals surface area contributed by atoms with Crippen molar-refractivity contribution < 1.29 is 19.5 Å². The van der Waals surface area contributed by atoms with Crippen LogP contribution in [0, 0.1) is 0 Å². The highest BCUT2D eigenvalue weighted by molar-refractivity contribution is 6.39. The second-order valence-electron chi connectivity index (χ2n) is 7.46. The second-order valence-corrected chi connectivity index (χ2v) is 8.28. The van der Waals surface area contributed by atoms with Crippen molar-refractivity contribution in [2.75, 3.05) is 11.1 Å². The number of benzene rings is 2. The molecular weight excluding hydrogens is 479 g/mol. The first-order chi connectivity index (χ1) is 16.2. The van der Waals surface area contributed by atoms with E-state index >= 15 is 0 Å². The minimum Gasteiger partial charge on any atom is -0.480 e. The first kappa shape index (κ1) is 25.0. The molecule has 5 N–H and O–H groups in total. The van der Waals surface area contributed by atoms with Gasteiger partial charge in [-0.25, -0.2) is 9.78 Å². The van der Waals surface area contributed by atoms with Crippen molar-refractivity contribution in [3.63, 3.8) is 0 Å². The van der Waals surface area contributed by atoms with E-state index in [1.165, 1.54) is 12.1 Å². The van der Waals surface area contributed by atoms with Crippen molar-refractivity contribution in [1.82, 2.24) is 10.3 Å². The Labute approximate surface area is 206 Å². The van der Waals surface area contributed by atoms with Gasteiger partial charge < -0.3 is 21.5 Å². The molecule has 34 heavy (non-hydrogen) atoms. The fraction of sp³-hybridized carbons (Fsp3) is 0.167. The van der Waals surface area contributed by atoms with Crippen molar-refractivity contribution in [1.29, 1.82) is 0 Å². The van der Waals surface area contributed by atoms with Gasteiger partial charge in [0, 0.05) is 24.2 Å². The number of nitrogens with two attached hydrogens (primary N) is 1. The molecule has 0 aliphatic rings. The van der Waals surface area contributed by atoms with Crippen LogP contribution in [0.5, 0.6) is 0 Å². The van der Waals surface area contributed by atoms with E-state index in [1.807, 2.05) is 0 Å². The summed E-state index contributed by atoms with van der Waals surface area (Å²) in [6, 6.07) is 15.3. The third kappa shape index (κ3) is 6.94. The highest BCUT2D eigenvalue weighted by Gasteiger charge is 2.23. The van der Waals surface area contributed by atoms with Crippen molar-refractivity contribution >= 4 is 52.5 Å². The molecule has 0 saturated carbocycles. The number of nitrogens with zero attached hydrogens (tertiary/aromatic N) is 1. The third-order valence-electron chi connectivity index (χ3n) is 4.91. The van der Waals surface area contributed by atoms with Crippen molar-refractivity contribution in [3.05, 3.63) is 87.5 Å². The zero-order valence-electron chi connectivity index (χ0n) is 17.9. The SMILES string of the molecule is Nc1cccc(CCC(=O)Nc2ccc(C[C@H](NC(=O)c3c(Cl)cccc3Cl)C(=O)O)cc2)n1. The predicted octanol–water partition coefficient (Wildman–Crippen LogP) is 3.97. The minimum atomic E-state index is -1.20. The molecule has 0 aliphatic carbocycles. The van der Waals surface area contributed by atoms with Gasteiger partial charge in [-0.2, -0.15) is 0 Å². The number of rotatable bonds is 9. The van der Waals surface area contributed by atoms with E-state index < -0.39 is 17.9 Å². The molecule has 1 atom stereocenters. The van der Waals surface area contributed by atoms with E-state index in [2.05, 4.69) is 15.6 Å². The number of hydrogen-bond donors (Lipinski definition) is 4. The minimum absolute atomic E-state index is 0.0172. The molecule has 176 valence electrons. The Hall–Kier alpha value is -3.62. The zero-order valence-corrected chi connectivity index (χ0v) is 19.4. The first-order valence-corrected chi connectivity index (χ1v) is 11.1. The van der Waals surface area contributed by atoms with Crippen LogP contribution in [-0.2, 0) is 22.4 Å². The molecule has 1 aromatic heterocycles. The third-order valence-corrected chi connectivity index (χ3v) is 5.54. The molecule has 2 aromatic carbocycles. The molecule has 1 heterocycles. The van der Waals surface area contributed by atoms with E-state index in [1.54, 1.807) is 48.5 Å². The Morgan fingerprint density at radius 1 is 0.971 bits per heavy atom. The lowest BCUT2D eigenvalue weighted by atomic mass is 10.0. The number of carboxylic acid groups (broad SMARTS) is 1. The Bertz CT molecular complexity index is 1180. The summed E-state index contributed by atoms with van der Waals surface area (Å²) in [6.07, 6.45) is 0.707. The second kappa shape index (κ2) is 11.5. The van der Waals surface area contributed by atoms with Gasteiger partial charge in [-0.15, -0.1) is 0 Å². The van der Waals surface area contributed by atoms with Crippen LogP contribution in [0.15, 0.2) is 60.7 Å². The average Bonchev–Trinajstić information content (AvgIpc) is 2.78. The standard InChI is InChI=1S/C24H22Cl2N4O4/c25-17-4-2-5-18(26)22(17)23(32)30-19(24(33)34)13-14-7-9-16(10-8-14)29-21(31)12-11-15-3-1-6-20(27)28-15/h1-10,19H,11-13H2,(H2,27,28)(H,29,31)(H,30,32)(H,33,34)/t19-/m0/s1. The number of anilines is 2. The fourth-order valence-corrected chi connectivity index (χ4v) is 3.78. The number of amides is 2. The zero-order chi connectivity index (χ0) is 24.7. The first-order valence-electron chi connectivity index (χ1n) is 10.3. The molecule has 10 heteroatoms. The van der Waals surface area contributed by atoms with Gasteiger partial charge in [0.25, 0.3) is 5.91 Å². The maximum atomic E-state index is 12.5. The van der Waals surface area contributed by atoms with Crippen LogP contribution >= 0.6 is 23.2 Å². The molecule has 0 unspecified atom stereocenters. The highest BCUT2D eigenvalue weighted by Crippen LogP contribution is 2.24. The number of carbonyl (C=O) groups is 3. The number of nitrogens with one attached hydrogen (secondary N) is 2. The average molecular weight is 501 g/mol. The Kier molecular flexibility index (Phi) is 8.45. The van der Waals surface area contributed by atoms with Gasteiger partial charge >= 0.3 is 5.97 Å². The van der Waals surface area contributed by atoms with Crippen LogP contribution in [-0.4, -0.2) is 33.9 Å². The van der Waals surface area contributed by atoms with Crippen LogP contribution in [0.3, 0.4) is 0 Å². The summed E-state index contributed by atoms with van der Waals surface area (Å²) in [6.45, 7) is 0. The number of aryl methyl sites for hydroxylation is 1. The summed E-state index contributed by atoms with van der Waals surface area (Å²) in [7, 11) is 0. The highest BCUT2D eigenvalue weighted by atomic mass is 35.5. The Balaban J connectivity index is 1.57. The van der Waals surface area contributed by atoms with Crippen LogP contribution in [0.2, 0.25) is 10.0 Å². The van der Waals surface area contributed by atoms with Gasteiger partial charge in [-0.05, 0) is 48.4 Å². The summed E-state index contributed by atoms with van der Waals surface area (Å²) >= 11 is 12.1. The Morgan fingerprint density at radius 3 is 2.24 bits per heavy atom. The van der Waals surface area contributed by atoms with Gasteiger partial charge in [0.05, 0.1) is 15.6 Å². The van der Waals surface area contributed by atoms with Crippen LogP contribution in [0.4, 0.5) is 11.5 Å². The molecule has 0 aliphatic heterocycles. The van der Waals surface area contributed by atoms with Crippen molar-refractivity contribution in [2.24, 2.45) is 0 Å². The molecule has 3 aromatic rings. The lowest BCUT2D eigenvalue weighted by Crippen LogP contribution is -2.42. The summed E-state index contributed by atoms with van der Waals surface area (Å²) < 4.78 is 0. The lowest BCUT2D eigenvalue weighted by Gasteiger charge is -2.16. The van der Waals surface area contributed by atoms with Crippen molar-refractivity contribution in [2.45, 2.75) is 25.3 Å². The van der Waals surface area contributed by atoms with Gasteiger partial charge in [0.2, 0.25) is 5.91 Å². The molecule has 0 radical (unpaired) electrons. The van der Waals surface area contributed by atoms with E-state index in [0.717, 1.165) is 5.69 Å². The molecule has 0 fully saturated rings. The fourth-order valence-electron chi connectivity index (χ4n) is 3.21. The number of carboxylic acids is 1. The van der Waals surface area contributed by atoms with Crippen LogP contribution < -0.4 is 16.4 Å². The number of halogens is 2. The molecular formula is C24H22Cl2N4O4. The number of nitrogen functional groups attached to an aromatic ring is 1. The number of aromatic nitrogens is 1. The smallest absolute Gasteiger partial charge is 0.326 e. The largest absolute Gasteiger partial charge is 0.480 e. The molecule has 8 nitrogen and oxygen atoms in total. The molecule has 2 amide bonds. The van der Waals surface area contributed by atoms with Gasteiger partial charge in [0.1, 0.15) is 11.9 Å². The summed E-state index contributed by atoms with van der Waals surface area (Å²) in [5.41, 5.74) is 7.60. The summed E-state index contributed by atoms with van der Waals surface area (Å²) in [4.78, 5) is 40.6. The molecule has 0 bridgehead atoms. The number of pyridine rings is 1.